The molecule has 2 aliphatic rings. The lowest BCUT2D eigenvalue weighted by Crippen LogP contribution is -2.11. The molecule has 1 fully saturated rings. The van der Waals surface area contributed by atoms with Gasteiger partial charge in [0.05, 0.1) is 17.6 Å². The molecule has 3 heteroatoms. The zero-order valence-electron chi connectivity index (χ0n) is 6.33. The van der Waals surface area contributed by atoms with Gasteiger partial charge in [0.25, 0.3) is 0 Å². The Balaban J connectivity index is 2.18. The van der Waals surface area contributed by atoms with Crippen molar-refractivity contribution >= 4 is 5.69 Å². The summed E-state index contributed by atoms with van der Waals surface area (Å²) in [6.45, 7) is 1.08. The van der Waals surface area contributed by atoms with Crippen molar-refractivity contribution in [2.45, 2.75) is 25.3 Å². The second kappa shape index (κ2) is 1.60. The summed E-state index contributed by atoms with van der Waals surface area (Å²) < 4.78 is 2.07. The molecule has 0 saturated heterocycles. The number of hydrogen-bond acceptors (Lipinski definition) is 2. The minimum atomic E-state index is 0.756. The summed E-state index contributed by atoms with van der Waals surface area (Å²) in [6, 6.07) is 0. The molecule has 58 valence electrons. The van der Waals surface area contributed by atoms with Crippen LogP contribution in [-0.2, 0) is 6.54 Å². The van der Waals surface area contributed by atoms with E-state index in [1.165, 1.54) is 18.5 Å². The minimum Gasteiger partial charge on any atom is -0.396 e. The van der Waals surface area contributed by atoms with Crippen molar-refractivity contribution in [2.75, 3.05) is 5.73 Å². The smallest absolute Gasteiger partial charge is 0.0736 e. The van der Waals surface area contributed by atoms with Crippen LogP contribution in [0.15, 0.2) is 6.20 Å². The average Bonchev–Trinajstić information content (AvgIpc) is 2.71. The molecule has 1 aliphatic heterocycles. The fourth-order valence-corrected chi connectivity index (χ4v) is 2.18. The van der Waals surface area contributed by atoms with E-state index in [1.54, 1.807) is 6.20 Å². The standard InChI is InChI=1S/C8H11N3/c9-7-4-10-11-2-1-5-3-6(5)8(7)11/h4-6H,1-3,9H2. The molecule has 0 aromatic carbocycles. The number of nitrogen functional groups attached to an aromatic ring is 1. The maximum atomic E-state index is 5.80. The van der Waals surface area contributed by atoms with E-state index in [1.807, 2.05) is 0 Å². The van der Waals surface area contributed by atoms with Crippen molar-refractivity contribution in [3.63, 3.8) is 0 Å². The first-order chi connectivity index (χ1) is 5.36. The third kappa shape index (κ3) is 0.607. The van der Waals surface area contributed by atoms with E-state index in [2.05, 4.69) is 9.78 Å². The van der Waals surface area contributed by atoms with Gasteiger partial charge in [-0.3, -0.25) is 4.68 Å². The van der Waals surface area contributed by atoms with E-state index >= 15 is 0 Å². The van der Waals surface area contributed by atoms with Gasteiger partial charge in [-0.2, -0.15) is 5.10 Å². The van der Waals surface area contributed by atoms with Gasteiger partial charge in [0.15, 0.2) is 0 Å². The van der Waals surface area contributed by atoms with Crippen molar-refractivity contribution in [1.29, 1.82) is 0 Å². The van der Waals surface area contributed by atoms with Gasteiger partial charge < -0.3 is 5.73 Å². The Morgan fingerprint density at radius 1 is 1.64 bits per heavy atom. The van der Waals surface area contributed by atoms with Crippen LogP contribution < -0.4 is 5.73 Å². The van der Waals surface area contributed by atoms with Crippen LogP contribution in [0.25, 0.3) is 0 Å². The Bertz CT molecular complexity index is 302. The molecule has 11 heavy (non-hydrogen) atoms. The lowest BCUT2D eigenvalue weighted by molar-refractivity contribution is 0.483. The normalized spacial score (nSPS) is 32.7. The molecule has 0 amide bonds. The van der Waals surface area contributed by atoms with E-state index in [-0.39, 0.29) is 0 Å². The SMILES string of the molecule is Nc1cnn2c1C1CC1CC2. The van der Waals surface area contributed by atoms with E-state index < -0.39 is 0 Å². The molecule has 1 aromatic rings. The third-order valence-corrected chi connectivity index (χ3v) is 2.90. The summed E-state index contributed by atoms with van der Waals surface area (Å²) >= 11 is 0. The number of anilines is 1. The Morgan fingerprint density at radius 2 is 2.55 bits per heavy atom. The molecule has 3 rings (SSSR count). The molecule has 3 nitrogen and oxygen atoms in total. The lowest BCUT2D eigenvalue weighted by atomic mass is 10.1. The highest BCUT2D eigenvalue weighted by molar-refractivity contribution is 5.46. The van der Waals surface area contributed by atoms with Crippen LogP contribution >= 0.6 is 0 Å². The fourth-order valence-electron chi connectivity index (χ4n) is 2.18. The molecule has 2 N–H and O–H groups in total. The predicted molar refractivity (Wildman–Crippen MR) is 42.1 cm³/mol. The van der Waals surface area contributed by atoms with Gasteiger partial charge in [-0.25, -0.2) is 0 Å². The largest absolute Gasteiger partial charge is 0.396 e. The zero-order chi connectivity index (χ0) is 7.42. The summed E-state index contributed by atoms with van der Waals surface area (Å²) in [5.41, 5.74) is 8.00. The van der Waals surface area contributed by atoms with Gasteiger partial charge in [-0.05, 0) is 18.8 Å². The number of aryl methyl sites for hydroxylation is 1. The van der Waals surface area contributed by atoms with Crippen molar-refractivity contribution in [3.8, 4) is 0 Å². The predicted octanol–water partition coefficient (Wildman–Crippen LogP) is 0.973. The molecule has 0 radical (unpaired) electrons. The van der Waals surface area contributed by atoms with Crippen molar-refractivity contribution in [2.24, 2.45) is 5.92 Å². The number of nitrogens with two attached hydrogens (primary N) is 1. The summed E-state index contributed by atoms with van der Waals surface area (Å²) in [5, 5.41) is 4.23. The molecule has 1 aromatic heterocycles. The van der Waals surface area contributed by atoms with Gasteiger partial charge >= 0.3 is 0 Å². The van der Waals surface area contributed by atoms with Crippen LogP contribution in [-0.4, -0.2) is 9.78 Å². The monoisotopic (exact) mass is 149 g/mol. The number of hydrogen-bond donors (Lipinski definition) is 1. The Kier molecular flexibility index (Phi) is 0.819. The van der Waals surface area contributed by atoms with Gasteiger partial charge in [0, 0.05) is 12.5 Å². The van der Waals surface area contributed by atoms with Crippen LogP contribution in [0.1, 0.15) is 24.5 Å². The molecular weight excluding hydrogens is 138 g/mol. The van der Waals surface area contributed by atoms with Crippen LogP contribution in [0.4, 0.5) is 5.69 Å². The van der Waals surface area contributed by atoms with Gasteiger partial charge in [-0.15, -0.1) is 0 Å². The molecule has 1 aliphatic carbocycles. The lowest BCUT2D eigenvalue weighted by Gasteiger charge is -2.12. The number of nitrogens with zero attached hydrogens (tertiary/aromatic N) is 2. The Hall–Kier alpha value is -0.990. The first-order valence-corrected chi connectivity index (χ1v) is 4.17. The first-order valence-electron chi connectivity index (χ1n) is 4.17. The minimum absolute atomic E-state index is 0.756. The highest BCUT2D eigenvalue weighted by Crippen LogP contribution is 2.53. The van der Waals surface area contributed by atoms with E-state index in [0.717, 1.165) is 24.1 Å². The number of aromatic nitrogens is 2. The van der Waals surface area contributed by atoms with Crippen LogP contribution in [0.5, 0.6) is 0 Å². The van der Waals surface area contributed by atoms with Crippen LogP contribution in [0, 0.1) is 5.92 Å². The van der Waals surface area contributed by atoms with E-state index in [4.69, 9.17) is 5.73 Å². The molecule has 0 bridgehead atoms. The van der Waals surface area contributed by atoms with E-state index in [0.29, 0.717) is 0 Å². The average molecular weight is 149 g/mol. The molecule has 2 atom stereocenters. The zero-order valence-corrected chi connectivity index (χ0v) is 6.33. The Labute approximate surface area is 65.2 Å². The van der Waals surface area contributed by atoms with Crippen molar-refractivity contribution in [1.82, 2.24) is 9.78 Å². The molecule has 2 heterocycles. The maximum Gasteiger partial charge on any atom is 0.0736 e. The number of rotatable bonds is 0. The Morgan fingerprint density at radius 3 is 3.45 bits per heavy atom. The molecule has 2 unspecified atom stereocenters. The van der Waals surface area contributed by atoms with Crippen LogP contribution in [0.3, 0.4) is 0 Å². The third-order valence-electron chi connectivity index (χ3n) is 2.90. The molecule has 0 spiro atoms. The van der Waals surface area contributed by atoms with Crippen molar-refractivity contribution < 1.29 is 0 Å². The molecule has 1 saturated carbocycles. The highest BCUT2D eigenvalue weighted by Gasteiger charge is 2.44. The quantitative estimate of drug-likeness (QED) is 0.597. The fraction of sp³-hybridized carbons (Fsp3) is 0.625. The highest BCUT2D eigenvalue weighted by atomic mass is 15.3. The summed E-state index contributed by atoms with van der Waals surface area (Å²) in [5.74, 6) is 1.69. The topological polar surface area (TPSA) is 43.8 Å². The second-order valence-electron chi connectivity index (χ2n) is 3.60. The van der Waals surface area contributed by atoms with Crippen LogP contribution in [0.2, 0.25) is 0 Å². The summed E-state index contributed by atoms with van der Waals surface area (Å²) in [7, 11) is 0. The van der Waals surface area contributed by atoms with Gasteiger partial charge in [-0.1, -0.05) is 0 Å². The van der Waals surface area contributed by atoms with Gasteiger partial charge in [0.1, 0.15) is 0 Å². The van der Waals surface area contributed by atoms with Crippen molar-refractivity contribution in [3.05, 3.63) is 11.9 Å². The number of fused-ring (bicyclic) bond motifs is 3. The second-order valence-corrected chi connectivity index (χ2v) is 3.60. The summed E-state index contributed by atoms with van der Waals surface area (Å²) in [4.78, 5) is 0. The maximum absolute atomic E-state index is 5.80. The molecular formula is C8H11N3. The first kappa shape index (κ1) is 5.63. The van der Waals surface area contributed by atoms with E-state index in [9.17, 15) is 0 Å². The van der Waals surface area contributed by atoms with Gasteiger partial charge in [0.2, 0.25) is 0 Å². The summed E-state index contributed by atoms with van der Waals surface area (Å²) in [6.07, 6.45) is 4.44.